The quantitative estimate of drug-likeness (QED) is 0.128. The van der Waals surface area contributed by atoms with Crippen LogP contribution in [0.2, 0.25) is 0 Å². The molecule has 1 aromatic heterocycles. The van der Waals surface area contributed by atoms with Crippen LogP contribution in [-0.2, 0) is 0 Å². The predicted octanol–water partition coefficient (Wildman–Crippen LogP) is 14.6. The van der Waals surface area contributed by atoms with Crippen molar-refractivity contribution in [3.8, 4) is 22.3 Å². The van der Waals surface area contributed by atoms with Gasteiger partial charge in [-0.2, -0.15) is 0 Å². The van der Waals surface area contributed by atoms with Crippen molar-refractivity contribution in [1.29, 1.82) is 0 Å². The highest BCUT2D eigenvalue weighted by atomic mass is 16.3. The Kier molecular flexibility index (Phi) is 11.4. The number of allylic oxidation sites excluding steroid dienone is 5. The predicted molar refractivity (Wildman–Crippen MR) is 273 cm³/mol. The molecule has 10 rings (SSSR count). The van der Waals surface area contributed by atoms with Crippen molar-refractivity contribution in [2.24, 2.45) is 9.98 Å². The van der Waals surface area contributed by atoms with E-state index in [1.165, 1.54) is 22.3 Å². The maximum absolute atomic E-state index is 6.95. The van der Waals surface area contributed by atoms with Crippen molar-refractivity contribution >= 4 is 50.6 Å². The molecule has 0 aliphatic carbocycles. The van der Waals surface area contributed by atoms with Crippen LogP contribution >= 0.6 is 0 Å². The lowest BCUT2D eigenvalue weighted by Crippen LogP contribution is -2.35. The molecule has 2 atom stereocenters. The Balaban J connectivity index is 1.14. The number of fused-ring (bicyclic) bond motifs is 3. The molecular weight excluding hydrogens is 793 g/mol. The summed E-state index contributed by atoms with van der Waals surface area (Å²) in [6.07, 6.45) is 14.7. The summed E-state index contributed by atoms with van der Waals surface area (Å²) >= 11 is 0. The molecule has 65 heavy (non-hydrogen) atoms. The van der Waals surface area contributed by atoms with Crippen LogP contribution in [0.1, 0.15) is 47.7 Å². The topological polar surface area (TPSA) is 61.9 Å². The second-order valence-corrected chi connectivity index (χ2v) is 16.4. The van der Waals surface area contributed by atoms with Crippen LogP contribution in [0.4, 0.5) is 0 Å². The van der Waals surface area contributed by atoms with E-state index >= 15 is 0 Å². The van der Waals surface area contributed by atoms with E-state index in [0.717, 1.165) is 84.0 Å². The van der Waals surface area contributed by atoms with Crippen molar-refractivity contribution in [3.05, 3.63) is 258 Å². The molecule has 0 spiro atoms. The van der Waals surface area contributed by atoms with Gasteiger partial charge in [-0.25, -0.2) is 9.98 Å². The summed E-state index contributed by atoms with van der Waals surface area (Å²) in [6, 6.07) is 61.2. The molecular formula is C60H48N4O. The van der Waals surface area contributed by atoms with Gasteiger partial charge in [0, 0.05) is 27.5 Å². The van der Waals surface area contributed by atoms with Crippen LogP contribution in [0, 0.1) is 0 Å². The summed E-state index contributed by atoms with van der Waals surface area (Å²) in [4.78, 5) is 10.7. The maximum Gasteiger partial charge on any atom is 0.144 e. The van der Waals surface area contributed by atoms with Crippen LogP contribution < -0.4 is 10.6 Å². The zero-order valence-electron chi connectivity index (χ0n) is 36.4. The van der Waals surface area contributed by atoms with Crippen LogP contribution in [-0.4, -0.2) is 17.7 Å². The summed E-state index contributed by atoms with van der Waals surface area (Å²) in [5.41, 5.74) is 15.2. The van der Waals surface area contributed by atoms with Crippen LogP contribution in [0.5, 0.6) is 0 Å². The highest BCUT2D eigenvalue weighted by molar-refractivity contribution is 6.12. The molecule has 2 aliphatic heterocycles. The van der Waals surface area contributed by atoms with Crippen molar-refractivity contribution < 1.29 is 4.42 Å². The van der Waals surface area contributed by atoms with Gasteiger partial charge in [-0.15, -0.1) is 0 Å². The minimum absolute atomic E-state index is 0.146. The largest absolute Gasteiger partial charge is 0.455 e. The molecule has 5 heteroatoms. The molecule has 8 aromatic rings. The summed E-state index contributed by atoms with van der Waals surface area (Å²) in [7, 11) is 0. The van der Waals surface area contributed by atoms with Crippen molar-refractivity contribution in [1.82, 2.24) is 10.6 Å². The van der Waals surface area contributed by atoms with Gasteiger partial charge in [0.25, 0.3) is 0 Å². The van der Waals surface area contributed by atoms with Gasteiger partial charge >= 0.3 is 0 Å². The van der Waals surface area contributed by atoms with Crippen LogP contribution in [0.3, 0.4) is 0 Å². The molecule has 3 heterocycles. The molecule has 0 saturated carbocycles. The molecule has 2 aliphatic rings. The third-order valence-electron chi connectivity index (χ3n) is 12.0. The fourth-order valence-electron chi connectivity index (χ4n) is 8.55. The molecule has 0 saturated heterocycles. The Morgan fingerprint density at radius 2 is 1.18 bits per heavy atom. The van der Waals surface area contributed by atoms with Crippen molar-refractivity contribution in [3.63, 3.8) is 0 Å². The minimum Gasteiger partial charge on any atom is -0.455 e. The Labute approximate surface area is 380 Å². The van der Waals surface area contributed by atoms with Crippen LogP contribution in [0.25, 0.3) is 61.2 Å². The number of benzene rings is 7. The van der Waals surface area contributed by atoms with E-state index in [2.05, 4.69) is 213 Å². The van der Waals surface area contributed by atoms with Gasteiger partial charge in [-0.3, -0.25) is 0 Å². The number of hydrogen-bond acceptors (Lipinski definition) is 5. The zero-order chi connectivity index (χ0) is 44.1. The summed E-state index contributed by atoms with van der Waals surface area (Å²) in [5, 5.41) is 9.45. The number of hydrogen-bond donors (Lipinski definition) is 2. The van der Waals surface area contributed by atoms with E-state index in [9.17, 15) is 0 Å². The van der Waals surface area contributed by atoms with Gasteiger partial charge in [-0.1, -0.05) is 189 Å². The molecule has 314 valence electrons. The van der Waals surface area contributed by atoms with E-state index in [1.54, 1.807) is 6.08 Å². The molecule has 5 nitrogen and oxygen atoms in total. The number of nitrogens with zero attached hydrogens (tertiary/aromatic N) is 2. The number of aliphatic imine (C=N–C) groups is 2. The number of nitrogens with one attached hydrogen (secondary N) is 2. The average Bonchev–Trinajstić information content (AvgIpc) is 3.75. The third kappa shape index (κ3) is 8.73. The molecule has 0 fully saturated rings. The van der Waals surface area contributed by atoms with E-state index in [4.69, 9.17) is 14.4 Å². The van der Waals surface area contributed by atoms with E-state index in [-0.39, 0.29) is 12.1 Å². The first-order chi connectivity index (χ1) is 32.0. The first kappa shape index (κ1) is 40.8. The van der Waals surface area contributed by atoms with Crippen LogP contribution in [0.15, 0.2) is 245 Å². The minimum atomic E-state index is -0.165. The van der Waals surface area contributed by atoms with Crippen molar-refractivity contribution in [2.75, 3.05) is 0 Å². The molecule has 0 radical (unpaired) electrons. The second kappa shape index (κ2) is 18.2. The lowest BCUT2D eigenvalue weighted by molar-refractivity contribution is 0.667. The van der Waals surface area contributed by atoms with Gasteiger partial charge in [0.05, 0.1) is 23.5 Å². The molecule has 0 bridgehead atoms. The molecule has 2 N–H and O–H groups in total. The smallest absolute Gasteiger partial charge is 0.144 e. The molecule has 7 aromatic carbocycles. The lowest BCUT2D eigenvalue weighted by Gasteiger charge is -2.25. The first-order valence-electron chi connectivity index (χ1n) is 22.1. The summed E-state index contributed by atoms with van der Waals surface area (Å²) in [6.45, 7) is 8.18. The Morgan fingerprint density at radius 3 is 1.88 bits per heavy atom. The maximum atomic E-state index is 6.95. The molecule has 0 amide bonds. The van der Waals surface area contributed by atoms with E-state index in [0.29, 0.717) is 0 Å². The number of furan rings is 1. The number of rotatable bonds is 11. The van der Waals surface area contributed by atoms with Gasteiger partial charge in [0.15, 0.2) is 0 Å². The standard InChI is InChI=1S/C60H48N4O/c1-4-18-41(3)59-61-50(28-17-19-40(2)42-20-9-5-10-21-42)38-56(64-59)53-36-49(35-52-51-34-33-48(37-57(51)65-58(52)53)44-24-13-7-14-25-44)55-39-54(62-60(63-55)47-26-15-8-16-27-47)46-31-29-45(30-32-46)43-22-11-6-12-23-43/h4-39,50,54H,1H2,2-3H3,(H,61,64)(H,62,63)/b28-17+,40-19+,41-18+. The van der Waals surface area contributed by atoms with Gasteiger partial charge in [0.1, 0.15) is 22.8 Å². The third-order valence-corrected chi connectivity index (χ3v) is 12.0. The van der Waals surface area contributed by atoms with Gasteiger partial charge in [0.2, 0.25) is 0 Å². The fourth-order valence-corrected chi connectivity index (χ4v) is 8.55. The molecule has 2 unspecified atom stereocenters. The normalized spacial score (nSPS) is 16.6. The highest BCUT2D eigenvalue weighted by Gasteiger charge is 2.25. The number of amidine groups is 2. The lowest BCUT2D eigenvalue weighted by atomic mass is 9.95. The fraction of sp³-hybridized carbons (Fsp3) is 0.0667. The Bertz CT molecular complexity index is 3260. The highest BCUT2D eigenvalue weighted by Crippen LogP contribution is 2.41. The Morgan fingerprint density at radius 1 is 0.554 bits per heavy atom. The van der Waals surface area contributed by atoms with Gasteiger partial charge < -0.3 is 15.1 Å². The SMILES string of the molecule is C=C/C=C(\C)C1=NC(c2cc(C3=CC(c4ccc(-c5ccccc5)cc4)NC(c4ccccc4)=N3)cc3c2oc2cc(-c4ccccc4)ccc23)=CC(/C=C/C=C(\C)c2ccccc2)N1. The monoisotopic (exact) mass is 840 g/mol. The second-order valence-electron chi connectivity index (χ2n) is 16.4. The zero-order valence-corrected chi connectivity index (χ0v) is 36.4. The van der Waals surface area contributed by atoms with E-state index < -0.39 is 0 Å². The average molecular weight is 841 g/mol. The summed E-state index contributed by atoms with van der Waals surface area (Å²) < 4.78 is 6.95. The first-order valence-corrected chi connectivity index (χ1v) is 22.1. The van der Waals surface area contributed by atoms with Gasteiger partial charge in [-0.05, 0) is 94.8 Å². The van der Waals surface area contributed by atoms with Crippen molar-refractivity contribution in [2.45, 2.75) is 25.9 Å². The van der Waals surface area contributed by atoms with E-state index in [1.807, 2.05) is 30.3 Å². The summed E-state index contributed by atoms with van der Waals surface area (Å²) in [5.74, 6) is 1.58. The Hall–Kier alpha value is -8.28.